The molecule has 63 heavy (non-hydrogen) atoms. The Kier molecular flexibility index (Phi) is 11.9. The summed E-state index contributed by atoms with van der Waals surface area (Å²) in [4.78, 5) is 70.9. The molecule has 0 bridgehead atoms. The number of benzene rings is 1. The van der Waals surface area contributed by atoms with Gasteiger partial charge in [-0.1, -0.05) is 45.3 Å². The van der Waals surface area contributed by atoms with Crippen LogP contribution in [0.5, 0.6) is 11.5 Å². The smallest absolute Gasteiger partial charge is 0.318 e. The first-order valence-corrected chi connectivity index (χ1v) is 25.2. The average Bonchev–Trinajstić information content (AvgIpc) is 3.92. The lowest BCUT2D eigenvalue weighted by Gasteiger charge is -2.31. The molecule has 3 saturated carbocycles. The monoisotopic (exact) mass is 901 g/mol. The SMILES string of the molecule is COc1ccc2c(O[C@@H]3C[C@H]4C(=O)N[C@]5(C(=O)NS(=O)(=O)C6CC6)C[C@H]5/C=C/CCCCC[C@H](NC(=O)N5CC6CCCC6C5)C(=O)N4C3)cc(-c3nc(C(C)C)cs3)nc2c1C. The molecule has 2 saturated heterocycles. The van der Waals surface area contributed by atoms with E-state index in [0.29, 0.717) is 73.3 Å². The van der Waals surface area contributed by atoms with Gasteiger partial charge in [-0.3, -0.25) is 19.1 Å². The number of aromatic nitrogens is 2. The number of rotatable bonds is 9. The van der Waals surface area contributed by atoms with Crippen molar-refractivity contribution < 1.29 is 37.1 Å². The lowest BCUT2D eigenvalue weighted by atomic mass is 10.0. The fourth-order valence-electron chi connectivity index (χ4n) is 10.1. The maximum absolute atomic E-state index is 15.0. The van der Waals surface area contributed by atoms with Gasteiger partial charge >= 0.3 is 6.03 Å². The van der Waals surface area contributed by atoms with Gasteiger partial charge in [0.15, 0.2) is 0 Å². The Hall–Kier alpha value is -4.77. The van der Waals surface area contributed by atoms with E-state index in [2.05, 4.69) is 29.2 Å². The number of hydrogen-bond donors (Lipinski definition) is 3. The number of ether oxygens (including phenoxy) is 2. The number of likely N-dealkylation sites (tertiary alicyclic amines) is 1. The van der Waals surface area contributed by atoms with Gasteiger partial charge in [-0.25, -0.2) is 23.2 Å². The molecule has 7 atom stereocenters. The minimum atomic E-state index is -3.90. The van der Waals surface area contributed by atoms with Crippen molar-refractivity contribution >= 4 is 56.0 Å². The highest BCUT2D eigenvalue weighted by molar-refractivity contribution is 7.91. The second kappa shape index (κ2) is 17.3. The topological polar surface area (TPSA) is 189 Å². The highest BCUT2D eigenvalue weighted by Gasteiger charge is 2.62. The third-order valence-electron chi connectivity index (χ3n) is 14.1. The Balaban J connectivity index is 1.05. The van der Waals surface area contributed by atoms with Gasteiger partial charge in [0.05, 0.1) is 30.1 Å². The molecule has 5 fully saturated rings. The van der Waals surface area contributed by atoms with E-state index in [1.807, 2.05) is 47.6 Å². The lowest BCUT2D eigenvalue weighted by molar-refractivity contribution is -0.141. The minimum Gasteiger partial charge on any atom is -0.496 e. The molecule has 17 heteroatoms. The molecule has 0 radical (unpaired) electrons. The number of hydrogen-bond acceptors (Lipinski definition) is 11. The molecule has 3 aliphatic heterocycles. The Morgan fingerprint density at radius 1 is 0.984 bits per heavy atom. The van der Waals surface area contributed by atoms with E-state index in [9.17, 15) is 22.8 Å². The van der Waals surface area contributed by atoms with Crippen LogP contribution >= 0.6 is 11.3 Å². The van der Waals surface area contributed by atoms with Crippen molar-refractivity contribution in [3.05, 3.63) is 47.0 Å². The van der Waals surface area contributed by atoms with Gasteiger partial charge in [0.25, 0.3) is 5.91 Å². The van der Waals surface area contributed by atoms with Crippen molar-refractivity contribution in [3.8, 4) is 22.2 Å². The van der Waals surface area contributed by atoms with Crippen LogP contribution in [-0.4, -0.2) is 108 Å². The van der Waals surface area contributed by atoms with E-state index in [1.54, 1.807) is 7.11 Å². The zero-order chi connectivity index (χ0) is 44.2. The number of thiazole rings is 1. The van der Waals surface area contributed by atoms with Crippen LogP contribution in [0.1, 0.15) is 108 Å². The normalized spacial score (nSPS) is 29.3. The Labute approximate surface area is 373 Å². The Morgan fingerprint density at radius 3 is 2.48 bits per heavy atom. The second-order valence-corrected chi connectivity index (χ2v) is 21.7. The fraction of sp³-hybridized carbons (Fsp3) is 0.609. The van der Waals surface area contributed by atoms with Crippen molar-refractivity contribution in [1.82, 2.24) is 35.1 Å². The number of pyridine rings is 1. The van der Waals surface area contributed by atoms with E-state index in [4.69, 9.17) is 19.4 Å². The van der Waals surface area contributed by atoms with Gasteiger partial charge in [-0.2, -0.15) is 0 Å². The first-order valence-electron chi connectivity index (χ1n) is 22.8. The van der Waals surface area contributed by atoms with Gasteiger partial charge in [-0.05, 0) is 88.2 Å². The third-order valence-corrected chi connectivity index (χ3v) is 16.8. The number of amides is 5. The number of carbonyl (C=O) groups is 4. The van der Waals surface area contributed by atoms with Gasteiger partial charge in [0.1, 0.15) is 45.9 Å². The summed E-state index contributed by atoms with van der Waals surface area (Å²) in [5, 5.41) is 8.91. The first-order chi connectivity index (χ1) is 30.2. The third kappa shape index (κ3) is 8.75. The molecule has 338 valence electrons. The number of urea groups is 1. The van der Waals surface area contributed by atoms with Crippen molar-refractivity contribution in [2.24, 2.45) is 17.8 Å². The second-order valence-electron chi connectivity index (χ2n) is 18.9. The van der Waals surface area contributed by atoms with E-state index >= 15 is 4.79 Å². The van der Waals surface area contributed by atoms with Gasteiger partial charge in [-0.15, -0.1) is 11.3 Å². The number of methoxy groups -OCH3 is 1. The van der Waals surface area contributed by atoms with Crippen LogP contribution in [0.15, 0.2) is 35.7 Å². The van der Waals surface area contributed by atoms with Crippen LogP contribution < -0.4 is 24.8 Å². The zero-order valence-electron chi connectivity index (χ0n) is 36.6. The van der Waals surface area contributed by atoms with Gasteiger partial charge < -0.3 is 29.9 Å². The molecule has 9 rings (SSSR count). The van der Waals surface area contributed by atoms with Crippen LogP contribution in [0.3, 0.4) is 0 Å². The number of aryl methyl sites for hydroxylation is 1. The summed E-state index contributed by atoms with van der Waals surface area (Å²) in [5.74, 6) is 0.180. The molecule has 3 aliphatic carbocycles. The quantitative estimate of drug-likeness (QED) is 0.216. The van der Waals surface area contributed by atoms with E-state index in [0.717, 1.165) is 53.8 Å². The molecule has 1 aromatic carbocycles. The zero-order valence-corrected chi connectivity index (χ0v) is 38.2. The van der Waals surface area contributed by atoms with Crippen LogP contribution in [0.2, 0.25) is 0 Å². The highest BCUT2D eigenvalue weighted by atomic mass is 32.2. The summed E-state index contributed by atoms with van der Waals surface area (Å²) in [6.45, 7) is 7.47. The van der Waals surface area contributed by atoms with Crippen LogP contribution in [-0.2, 0) is 24.4 Å². The van der Waals surface area contributed by atoms with Crippen LogP contribution in [0.4, 0.5) is 4.79 Å². The number of allylic oxidation sites excluding steroid dienone is 1. The largest absolute Gasteiger partial charge is 0.496 e. The number of nitrogens with one attached hydrogen (secondary N) is 3. The predicted molar refractivity (Wildman–Crippen MR) is 239 cm³/mol. The minimum absolute atomic E-state index is 0.0266. The van der Waals surface area contributed by atoms with Crippen LogP contribution in [0.25, 0.3) is 21.6 Å². The van der Waals surface area contributed by atoms with E-state index < -0.39 is 62.6 Å². The van der Waals surface area contributed by atoms with Gasteiger partial charge in [0.2, 0.25) is 21.8 Å². The Morgan fingerprint density at radius 2 is 1.76 bits per heavy atom. The molecule has 5 amide bonds. The molecule has 3 N–H and O–H groups in total. The lowest BCUT2D eigenvalue weighted by Crippen LogP contribution is -2.58. The molecule has 0 spiro atoms. The highest BCUT2D eigenvalue weighted by Crippen LogP contribution is 2.46. The van der Waals surface area contributed by atoms with Gasteiger partial charge in [0, 0.05) is 47.8 Å². The number of sulfonamides is 1. The Bertz CT molecular complexity index is 2420. The summed E-state index contributed by atoms with van der Waals surface area (Å²) in [5.41, 5.74) is 1.55. The summed E-state index contributed by atoms with van der Waals surface area (Å²) in [6.07, 6.45) is 11.3. The number of carbonyl (C=O) groups excluding carboxylic acids is 4. The molecular weight excluding hydrogens is 843 g/mol. The standard InChI is InChI=1S/C46H59N7O8S2/c1-26(2)36-25-62-42(48-36)35-20-39(33-17-18-38(60-4)27(3)40(33)47-35)61-31-19-37-41(54)50-46(44(56)51-63(58,59)32-15-16-32)21-30(46)13-8-6-5-7-9-14-34(43(55)53(37)24-31)49-45(57)52-22-28-11-10-12-29(28)23-52/h8,13,17-18,20,25-26,28-32,34,37H,5-7,9-12,14-16,19,21-24H2,1-4H3,(H,49,57)(H,50,54)(H,51,56)/b13-8+/t28?,29?,30-,31-,34+,37+,46-/m1/s1. The first kappa shape index (κ1) is 43.5. The molecular formula is C46H59N7O8S2. The molecule has 2 aromatic heterocycles. The molecule has 5 heterocycles. The summed E-state index contributed by atoms with van der Waals surface area (Å²) in [7, 11) is -2.29. The molecule has 3 aromatic rings. The average molecular weight is 902 g/mol. The maximum atomic E-state index is 15.0. The fourth-order valence-corrected chi connectivity index (χ4v) is 12.4. The molecule has 2 unspecified atom stereocenters. The summed E-state index contributed by atoms with van der Waals surface area (Å²) in [6, 6.07) is 3.34. The van der Waals surface area contributed by atoms with Crippen molar-refractivity contribution in [2.75, 3.05) is 26.7 Å². The van der Waals surface area contributed by atoms with Crippen LogP contribution in [0, 0.1) is 24.7 Å². The van der Waals surface area contributed by atoms with Crippen molar-refractivity contribution in [1.29, 1.82) is 0 Å². The van der Waals surface area contributed by atoms with Crippen molar-refractivity contribution in [2.45, 2.75) is 133 Å². The molecule has 15 nitrogen and oxygen atoms in total. The summed E-state index contributed by atoms with van der Waals surface area (Å²) < 4.78 is 40.9. The summed E-state index contributed by atoms with van der Waals surface area (Å²) >= 11 is 1.49. The predicted octanol–water partition coefficient (Wildman–Crippen LogP) is 5.96. The van der Waals surface area contributed by atoms with E-state index in [-0.39, 0.29) is 31.3 Å². The van der Waals surface area contributed by atoms with E-state index in [1.165, 1.54) is 22.7 Å². The van der Waals surface area contributed by atoms with Crippen molar-refractivity contribution in [3.63, 3.8) is 0 Å². The number of fused-ring (bicyclic) bond motifs is 4. The molecule has 6 aliphatic rings. The maximum Gasteiger partial charge on any atom is 0.318 e. The number of nitrogens with zero attached hydrogens (tertiary/aromatic N) is 4.